The molecule has 2 unspecified atom stereocenters. The van der Waals surface area contributed by atoms with Crippen LogP contribution in [0.25, 0.3) is 22.4 Å². The first-order valence-corrected chi connectivity index (χ1v) is 8.21. The topological polar surface area (TPSA) is 69.8 Å². The molecule has 0 saturated carbocycles. The molecule has 1 aliphatic heterocycles. The van der Waals surface area contributed by atoms with E-state index in [-0.39, 0.29) is 17.9 Å². The number of carbonyl (C=O) groups excluding carboxylic acids is 1. The molecule has 1 amide bonds. The molecular weight excluding hydrogens is 296 g/mol. The number of imidazole rings is 1. The van der Waals surface area contributed by atoms with Crippen molar-refractivity contribution in [3.8, 4) is 11.4 Å². The smallest absolute Gasteiger partial charge is 0.234 e. The van der Waals surface area contributed by atoms with E-state index in [1.807, 2.05) is 5.38 Å². The third kappa shape index (κ3) is 2.30. The zero-order valence-electron chi connectivity index (χ0n) is 12.1. The molecule has 1 aliphatic rings. The second-order valence-corrected chi connectivity index (χ2v) is 6.51. The van der Waals surface area contributed by atoms with Gasteiger partial charge in [0.1, 0.15) is 5.82 Å². The van der Waals surface area contributed by atoms with E-state index in [9.17, 15) is 4.79 Å². The largest absolute Gasteiger partial charge is 0.338 e. The van der Waals surface area contributed by atoms with Crippen LogP contribution in [0.1, 0.15) is 24.9 Å². The maximum absolute atomic E-state index is 11.4. The van der Waals surface area contributed by atoms with Gasteiger partial charge in [-0.3, -0.25) is 10.2 Å². The van der Waals surface area contributed by atoms with E-state index in [1.54, 1.807) is 11.3 Å². The Morgan fingerprint density at radius 3 is 3.00 bits per heavy atom. The Kier molecular flexibility index (Phi) is 3.20. The summed E-state index contributed by atoms with van der Waals surface area (Å²) < 4.78 is 0. The minimum atomic E-state index is 0.0457. The molecule has 22 heavy (non-hydrogen) atoms. The number of aromatic nitrogens is 2. The van der Waals surface area contributed by atoms with Crippen LogP contribution >= 0.6 is 11.3 Å². The van der Waals surface area contributed by atoms with Crippen molar-refractivity contribution in [1.82, 2.24) is 20.8 Å². The fourth-order valence-electron chi connectivity index (χ4n) is 2.93. The Hall–Kier alpha value is -2.18. The lowest BCUT2D eigenvalue weighted by Crippen LogP contribution is -2.48. The van der Waals surface area contributed by atoms with Crippen LogP contribution < -0.4 is 10.9 Å². The van der Waals surface area contributed by atoms with Gasteiger partial charge >= 0.3 is 0 Å². The van der Waals surface area contributed by atoms with Gasteiger partial charge < -0.3 is 4.98 Å². The molecular formula is C16H16N4OS. The number of thiophene rings is 1. The standard InChI is InChI=1S/C16H16N4OS/c1-9-6-14(21)19-20-15(9)10-2-3-12-13(7-10)18-16(17-12)11-4-5-22-8-11/h2-5,7-9,15,20H,6H2,1H3,(H,17,18)(H,19,21). The Morgan fingerprint density at radius 1 is 1.32 bits per heavy atom. The van der Waals surface area contributed by atoms with Crippen molar-refractivity contribution in [1.29, 1.82) is 0 Å². The first kappa shape index (κ1) is 13.5. The average molecular weight is 312 g/mol. The van der Waals surface area contributed by atoms with Crippen LogP contribution in [-0.2, 0) is 4.79 Å². The summed E-state index contributed by atoms with van der Waals surface area (Å²) in [6.07, 6.45) is 0.538. The predicted octanol–water partition coefficient (Wildman–Crippen LogP) is 2.99. The maximum atomic E-state index is 11.4. The summed E-state index contributed by atoms with van der Waals surface area (Å²) in [7, 11) is 0. The van der Waals surface area contributed by atoms with Crippen LogP contribution in [0.3, 0.4) is 0 Å². The Balaban J connectivity index is 1.70. The average Bonchev–Trinajstić information content (AvgIpc) is 3.15. The van der Waals surface area contributed by atoms with Gasteiger partial charge in [-0.15, -0.1) is 0 Å². The molecule has 0 spiro atoms. The van der Waals surface area contributed by atoms with Crippen LogP contribution in [-0.4, -0.2) is 15.9 Å². The van der Waals surface area contributed by atoms with Crippen LogP contribution in [0.4, 0.5) is 0 Å². The zero-order chi connectivity index (χ0) is 15.1. The molecule has 1 saturated heterocycles. The number of nitrogens with one attached hydrogen (secondary N) is 3. The first-order valence-electron chi connectivity index (χ1n) is 7.27. The van der Waals surface area contributed by atoms with Crippen LogP contribution in [0, 0.1) is 5.92 Å². The van der Waals surface area contributed by atoms with E-state index in [0.29, 0.717) is 6.42 Å². The molecule has 4 rings (SSSR count). The number of nitrogens with zero attached hydrogens (tertiary/aromatic N) is 1. The molecule has 1 aromatic carbocycles. The van der Waals surface area contributed by atoms with Crippen molar-refractivity contribution < 1.29 is 4.79 Å². The van der Waals surface area contributed by atoms with Crippen molar-refractivity contribution in [2.24, 2.45) is 5.92 Å². The van der Waals surface area contributed by atoms with Gasteiger partial charge in [0.05, 0.1) is 17.1 Å². The van der Waals surface area contributed by atoms with Crippen LogP contribution in [0.2, 0.25) is 0 Å². The first-order chi connectivity index (χ1) is 10.7. The summed E-state index contributed by atoms with van der Waals surface area (Å²) in [5.41, 5.74) is 10.0. The fourth-order valence-corrected chi connectivity index (χ4v) is 3.57. The number of H-pyrrole nitrogens is 1. The fraction of sp³-hybridized carbons (Fsp3) is 0.250. The van der Waals surface area contributed by atoms with E-state index in [2.05, 4.69) is 57.4 Å². The number of carbonyl (C=O) groups is 1. The molecule has 112 valence electrons. The second-order valence-electron chi connectivity index (χ2n) is 5.73. The molecule has 3 heterocycles. The number of fused-ring (bicyclic) bond motifs is 1. The molecule has 3 aromatic rings. The van der Waals surface area contributed by atoms with Crippen molar-refractivity contribution in [3.05, 3.63) is 40.6 Å². The lowest BCUT2D eigenvalue weighted by molar-refractivity contribution is -0.125. The number of amides is 1. The van der Waals surface area contributed by atoms with E-state index in [0.717, 1.165) is 28.0 Å². The number of benzene rings is 1. The lowest BCUT2D eigenvalue weighted by atomic mass is 9.90. The SMILES string of the molecule is CC1CC(=O)NNC1c1ccc2[nH]c(-c3ccsc3)nc2c1. The van der Waals surface area contributed by atoms with Crippen molar-refractivity contribution in [2.45, 2.75) is 19.4 Å². The lowest BCUT2D eigenvalue weighted by Gasteiger charge is -2.30. The number of hydrazine groups is 1. The zero-order valence-corrected chi connectivity index (χ0v) is 12.9. The highest BCUT2D eigenvalue weighted by molar-refractivity contribution is 7.08. The van der Waals surface area contributed by atoms with Crippen LogP contribution in [0.15, 0.2) is 35.0 Å². The predicted molar refractivity (Wildman–Crippen MR) is 87.2 cm³/mol. The van der Waals surface area contributed by atoms with Gasteiger partial charge in [-0.1, -0.05) is 13.0 Å². The minimum Gasteiger partial charge on any atom is -0.338 e. The van der Waals surface area contributed by atoms with Gasteiger partial charge in [0.25, 0.3) is 0 Å². The summed E-state index contributed by atoms with van der Waals surface area (Å²) in [5, 5.41) is 4.13. The van der Waals surface area contributed by atoms with Gasteiger partial charge in [0.15, 0.2) is 0 Å². The third-order valence-corrected chi connectivity index (χ3v) is 4.79. The molecule has 5 nitrogen and oxygen atoms in total. The minimum absolute atomic E-state index is 0.0457. The van der Waals surface area contributed by atoms with Gasteiger partial charge in [-0.05, 0) is 35.1 Å². The van der Waals surface area contributed by atoms with Gasteiger partial charge in [-0.25, -0.2) is 10.4 Å². The highest BCUT2D eigenvalue weighted by atomic mass is 32.1. The van der Waals surface area contributed by atoms with E-state index in [4.69, 9.17) is 0 Å². The number of hydrogen-bond donors (Lipinski definition) is 3. The third-order valence-electron chi connectivity index (χ3n) is 4.10. The van der Waals surface area contributed by atoms with Crippen molar-refractivity contribution >= 4 is 28.3 Å². The molecule has 6 heteroatoms. The second kappa shape index (κ2) is 5.23. The molecule has 0 radical (unpaired) electrons. The molecule has 2 atom stereocenters. The molecule has 3 N–H and O–H groups in total. The Bertz CT molecular complexity index is 824. The molecule has 0 bridgehead atoms. The van der Waals surface area contributed by atoms with E-state index in [1.165, 1.54) is 0 Å². The Labute approximate surface area is 131 Å². The van der Waals surface area contributed by atoms with E-state index >= 15 is 0 Å². The summed E-state index contributed by atoms with van der Waals surface area (Å²) >= 11 is 1.66. The van der Waals surface area contributed by atoms with Gasteiger partial charge in [0, 0.05) is 17.4 Å². The van der Waals surface area contributed by atoms with Crippen LogP contribution in [0.5, 0.6) is 0 Å². The maximum Gasteiger partial charge on any atom is 0.234 e. The van der Waals surface area contributed by atoms with Crippen molar-refractivity contribution in [2.75, 3.05) is 0 Å². The number of rotatable bonds is 2. The summed E-state index contributed by atoms with van der Waals surface area (Å²) in [6.45, 7) is 2.09. The number of hydrogen-bond acceptors (Lipinski definition) is 4. The van der Waals surface area contributed by atoms with Crippen molar-refractivity contribution in [3.63, 3.8) is 0 Å². The quantitative estimate of drug-likeness (QED) is 0.681. The molecule has 1 fully saturated rings. The molecule has 2 aromatic heterocycles. The summed E-state index contributed by atoms with van der Waals surface area (Å²) in [6, 6.07) is 8.40. The summed E-state index contributed by atoms with van der Waals surface area (Å²) in [4.78, 5) is 19.4. The highest BCUT2D eigenvalue weighted by Crippen LogP contribution is 2.29. The van der Waals surface area contributed by atoms with Gasteiger partial charge in [0.2, 0.25) is 5.91 Å². The van der Waals surface area contributed by atoms with E-state index < -0.39 is 0 Å². The highest BCUT2D eigenvalue weighted by Gasteiger charge is 2.26. The molecule has 0 aliphatic carbocycles. The summed E-state index contributed by atoms with van der Waals surface area (Å²) in [5.74, 6) is 1.19. The van der Waals surface area contributed by atoms with Gasteiger partial charge in [-0.2, -0.15) is 11.3 Å². The Morgan fingerprint density at radius 2 is 2.23 bits per heavy atom. The normalized spacial score (nSPS) is 22.0. The number of aromatic amines is 1. The monoisotopic (exact) mass is 312 g/mol.